The van der Waals surface area contributed by atoms with E-state index in [0.29, 0.717) is 4.88 Å². The first-order valence-electron chi connectivity index (χ1n) is 6.83. The molecule has 3 aromatic rings. The highest BCUT2D eigenvalue weighted by molar-refractivity contribution is 7.12. The van der Waals surface area contributed by atoms with Crippen LogP contribution in [0.25, 0.3) is 11.8 Å². The smallest absolute Gasteiger partial charge is 0.269 e. The normalized spacial score (nSPS) is 11.0. The van der Waals surface area contributed by atoms with Crippen LogP contribution in [0.2, 0.25) is 0 Å². The van der Waals surface area contributed by atoms with Gasteiger partial charge in [0.1, 0.15) is 0 Å². The van der Waals surface area contributed by atoms with E-state index in [4.69, 9.17) is 0 Å². The lowest BCUT2D eigenvalue weighted by Crippen LogP contribution is -1.96. The predicted molar refractivity (Wildman–Crippen MR) is 90.1 cm³/mol. The summed E-state index contributed by atoms with van der Waals surface area (Å²) in [6, 6.07) is 13.6. The molecule has 0 fully saturated rings. The van der Waals surface area contributed by atoms with Crippen molar-refractivity contribution < 1.29 is 9.72 Å². The van der Waals surface area contributed by atoms with E-state index < -0.39 is 4.92 Å². The zero-order valence-electron chi connectivity index (χ0n) is 12.0. The van der Waals surface area contributed by atoms with Crippen LogP contribution in [-0.4, -0.2) is 15.3 Å². The molecule has 23 heavy (non-hydrogen) atoms. The number of nitrogens with zero attached hydrogens (tertiary/aromatic N) is 2. The number of nitro benzene ring substituents is 1. The predicted octanol–water partition coefficient (Wildman–Crippen LogP) is 4.34. The molecule has 5 nitrogen and oxygen atoms in total. The lowest BCUT2D eigenvalue weighted by atomic mass is 10.2. The minimum Gasteiger partial charge on any atom is -0.317 e. The highest BCUT2D eigenvalue weighted by Gasteiger charge is 2.07. The van der Waals surface area contributed by atoms with Crippen LogP contribution >= 0.6 is 11.3 Å². The number of benzene rings is 1. The van der Waals surface area contributed by atoms with Gasteiger partial charge in [-0.2, -0.15) is 0 Å². The van der Waals surface area contributed by atoms with Gasteiger partial charge >= 0.3 is 0 Å². The van der Waals surface area contributed by atoms with E-state index in [2.05, 4.69) is 0 Å². The topological polar surface area (TPSA) is 65.1 Å². The first kappa shape index (κ1) is 14.9. The van der Waals surface area contributed by atoms with Crippen molar-refractivity contribution in [3.05, 3.63) is 86.9 Å². The highest BCUT2D eigenvalue weighted by atomic mass is 32.1. The molecule has 0 atom stereocenters. The van der Waals surface area contributed by atoms with E-state index in [-0.39, 0.29) is 11.5 Å². The Morgan fingerprint density at radius 3 is 2.57 bits per heavy atom. The molecule has 0 aliphatic heterocycles. The van der Waals surface area contributed by atoms with Gasteiger partial charge in [-0.1, -0.05) is 6.07 Å². The van der Waals surface area contributed by atoms with Crippen molar-refractivity contribution in [3.8, 4) is 5.69 Å². The number of allylic oxidation sites excluding steroid dienone is 1. The first-order chi connectivity index (χ1) is 11.1. The second-order valence-corrected chi connectivity index (χ2v) is 5.70. The summed E-state index contributed by atoms with van der Waals surface area (Å²) in [5.74, 6) is -0.0450. The van der Waals surface area contributed by atoms with E-state index >= 15 is 0 Å². The number of ketones is 1. The maximum absolute atomic E-state index is 12.0. The quantitative estimate of drug-likeness (QED) is 0.303. The Labute approximate surface area is 136 Å². The van der Waals surface area contributed by atoms with Crippen molar-refractivity contribution in [2.24, 2.45) is 0 Å². The Balaban J connectivity index is 1.85. The molecule has 0 unspecified atom stereocenters. The van der Waals surface area contributed by atoms with Gasteiger partial charge in [-0.25, -0.2) is 0 Å². The van der Waals surface area contributed by atoms with Crippen molar-refractivity contribution >= 4 is 28.9 Å². The van der Waals surface area contributed by atoms with Gasteiger partial charge in [0.25, 0.3) is 5.69 Å². The fourth-order valence-electron chi connectivity index (χ4n) is 2.16. The van der Waals surface area contributed by atoms with Gasteiger partial charge < -0.3 is 4.57 Å². The molecule has 3 rings (SSSR count). The Hall–Kier alpha value is -2.99. The summed E-state index contributed by atoms with van der Waals surface area (Å²) in [5.41, 5.74) is 1.67. The number of carbonyl (C=O) groups excluding carboxylic acids is 1. The third kappa shape index (κ3) is 3.27. The molecule has 0 aliphatic carbocycles. The van der Waals surface area contributed by atoms with Crippen LogP contribution < -0.4 is 0 Å². The van der Waals surface area contributed by atoms with Crippen LogP contribution in [0.1, 0.15) is 15.4 Å². The fourth-order valence-corrected chi connectivity index (χ4v) is 2.81. The van der Waals surface area contributed by atoms with Crippen LogP contribution in [0.3, 0.4) is 0 Å². The van der Waals surface area contributed by atoms with Crippen LogP contribution in [0.5, 0.6) is 0 Å². The minimum absolute atomic E-state index is 0.0450. The molecule has 0 saturated carbocycles. The molecule has 0 aliphatic rings. The zero-order valence-corrected chi connectivity index (χ0v) is 12.8. The second kappa shape index (κ2) is 6.41. The maximum Gasteiger partial charge on any atom is 0.269 e. The summed E-state index contributed by atoms with van der Waals surface area (Å²) in [5, 5.41) is 12.6. The van der Waals surface area contributed by atoms with Gasteiger partial charge in [0.05, 0.1) is 9.80 Å². The average molecular weight is 324 g/mol. The average Bonchev–Trinajstić information content (AvgIpc) is 3.24. The highest BCUT2D eigenvalue weighted by Crippen LogP contribution is 2.19. The number of non-ortho nitro benzene ring substituents is 1. The molecule has 2 heterocycles. The summed E-state index contributed by atoms with van der Waals surface area (Å²) >= 11 is 1.40. The van der Waals surface area contributed by atoms with Gasteiger partial charge in [-0.15, -0.1) is 11.3 Å². The number of carbonyl (C=O) groups is 1. The molecule has 0 radical (unpaired) electrons. The van der Waals surface area contributed by atoms with E-state index in [1.165, 1.54) is 29.5 Å². The summed E-state index contributed by atoms with van der Waals surface area (Å²) in [6.45, 7) is 0. The fraction of sp³-hybridized carbons (Fsp3) is 0. The Bertz CT molecular complexity index is 862. The van der Waals surface area contributed by atoms with Gasteiger partial charge in [0.15, 0.2) is 5.78 Å². The van der Waals surface area contributed by atoms with E-state index in [1.54, 1.807) is 24.3 Å². The van der Waals surface area contributed by atoms with Crippen LogP contribution in [-0.2, 0) is 0 Å². The molecule has 0 spiro atoms. The number of thiophene rings is 1. The van der Waals surface area contributed by atoms with Crippen molar-refractivity contribution in [2.45, 2.75) is 0 Å². The lowest BCUT2D eigenvalue weighted by molar-refractivity contribution is -0.384. The number of hydrogen-bond acceptors (Lipinski definition) is 4. The van der Waals surface area contributed by atoms with Crippen LogP contribution in [0, 0.1) is 10.1 Å². The molecular weight excluding hydrogens is 312 g/mol. The van der Waals surface area contributed by atoms with E-state index in [0.717, 1.165) is 11.4 Å². The molecule has 2 aromatic heterocycles. The molecule has 0 bridgehead atoms. The first-order valence-corrected chi connectivity index (χ1v) is 7.71. The largest absolute Gasteiger partial charge is 0.317 e. The Morgan fingerprint density at radius 1 is 1.13 bits per heavy atom. The van der Waals surface area contributed by atoms with Crippen LogP contribution in [0.4, 0.5) is 5.69 Å². The van der Waals surface area contributed by atoms with Gasteiger partial charge in [0.2, 0.25) is 0 Å². The Morgan fingerprint density at radius 2 is 1.91 bits per heavy atom. The molecule has 0 saturated heterocycles. The minimum atomic E-state index is -0.431. The zero-order chi connectivity index (χ0) is 16.2. The van der Waals surface area contributed by atoms with E-state index in [1.807, 2.05) is 34.3 Å². The van der Waals surface area contributed by atoms with Crippen LogP contribution in [0.15, 0.2) is 66.2 Å². The molecule has 0 N–H and O–H groups in total. The summed E-state index contributed by atoms with van der Waals surface area (Å²) in [4.78, 5) is 23.0. The van der Waals surface area contributed by atoms with Crippen molar-refractivity contribution in [3.63, 3.8) is 0 Å². The SMILES string of the molecule is O=C(/C=C/c1cccn1-c1ccc([N+](=O)[O-])cc1)c1cccs1. The number of aromatic nitrogens is 1. The standard InChI is InChI=1S/C17H12N2O3S/c20-16(17-4-2-12-23-17)10-9-13-3-1-11-18(13)14-5-7-15(8-6-14)19(21)22/h1-12H/b10-9+. The monoisotopic (exact) mass is 324 g/mol. The lowest BCUT2D eigenvalue weighted by Gasteiger charge is -2.06. The number of rotatable bonds is 5. The van der Waals surface area contributed by atoms with E-state index in [9.17, 15) is 14.9 Å². The molecule has 0 amide bonds. The molecule has 6 heteroatoms. The number of hydrogen-bond donors (Lipinski definition) is 0. The molecule has 114 valence electrons. The van der Waals surface area contributed by atoms with Gasteiger partial charge in [0, 0.05) is 29.7 Å². The number of nitro groups is 1. The van der Waals surface area contributed by atoms with Gasteiger partial charge in [-0.05, 0) is 47.9 Å². The third-order valence-electron chi connectivity index (χ3n) is 3.29. The summed E-state index contributed by atoms with van der Waals surface area (Å²) in [7, 11) is 0. The second-order valence-electron chi connectivity index (χ2n) is 4.75. The summed E-state index contributed by atoms with van der Waals surface area (Å²) < 4.78 is 1.86. The van der Waals surface area contributed by atoms with Crippen molar-refractivity contribution in [2.75, 3.05) is 0 Å². The third-order valence-corrected chi connectivity index (χ3v) is 4.17. The molecule has 1 aromatic carbocycles. The molecular formula is C17H12N2O3S. The Kier molecular flexibility index (Phi) is 4.16. The van der Waals surface area contributed by atoms with Crippen molar-refractivity contribution in [1.29, 1.82) is 0 Å². The maximum atomic E-state index is 12.0. The van der Waals surface area contributed by atoms with Crippen molar-refractivity contribution in [1.82, 2.24) is 4.57 Å². The van der Waals surface area contributed by atoms with Gasteiger partial charge in [-0.3, -0.25) is 14.9 Å². The summed E-state index contributed by atoms with van der Waals surface area (Å²) in [6.07, 6.45) is 5.11.